The predicted molar refractivity (Wildman–Crippen MR) is 62.2 cm³/mol. The van der Waals surface area contributed by atoms with Gasteiger partial charge in [-0.05, 0) is 31.0 Å². The van der Waals surface area contributed by atoms with Gasteiger partial charge < -0.3 is 10.1 Å². The first-order valence-corrected chi connectivity index (χ1v) is 5.13. The molecule has 1 N–H and O–H groups in total. The molecule has 0 saturated carbocycles. The molecule has 0 fully saturated rings. The maximum absolute atomic E-state index is 5.22. The number of rotatable bonds is 6. The molecule has 0 radical (unpaired) electrons. The Kier molecular flexibility index (Phi) is 6.30. The van der Waals surface area contributed by atoms with Gasteiger partial charge in [0.05, 0.1) is 7.11 Å². The van der Waals surface area contributed by atoms with E-state index in [2.05, 4.69) is 38.2 Å². The maximum Gasteiger partial charge on any atom is 0.114 e. The third-order valence-electron chi connectivity index (χ3n) is 1.97. The molecule has 2 heteroatoms. The van der Waals surface area contributed by atoms with Crippen LogP contribution in [0.5, 0.6) is 0 Å². The van der Waals surface area contributed by atoms with E-state index >= 15 is 0 Å². The number of nitrogens with one attached hydrogen (secondary N) is 1. The lowest BCUT2D eigenvalue weighted by atomic mass is 9.93. The van der Waals surface area contributed by atoms with E-state index in [0.717, 1.165) is 18.7 Å². The summed E-state index contributed by atoms with van der Waals surface area (Å²) in [5.41, 5.74) is 0.167. The van der Waals surface area contributed by atoms with Crippen LogP contribution >= 0.6 is 0 Å². The fourth-order valence-electron chi connectivity index (χ4n) is 1.24. The molecule has 0 aromatic heterocycles. The molecular formula is C12H23NO. The molecule has 82 valence electrons. The van der Waals surface area contributed by atoms with Crippen molar-refractivity contribution in [2.24, 2.45) is 5.41 Å². The van der Waals surface area contributed by atoms with Crippen molar-refractivity contribution in [1.82, 2.24) is 5.32 Å². The van der Waals surface area contributed by atoms with E-state index in [1.807, 2.05) is 13.1 Å². The summed E-state index contributed by atoms with van der Waals surface area (Å²) in [6, 6.07) is 0. The van der Waals surface area contributed by atoms with Crippen LogP contribution in [0, 0.1) is 5.41 Å². The number of hydrogen-bond donors (Lipinski definition) is 1. The van der Waals surface area contributed by atoms with Crippen molar-refractivity contribution in [2.45, 2.75) is 27.2 Å². The van der Waals surface area contributed by atoms with Crippen LogP contribution in [-0.2, 0) is 4.74 Å². The number of allylic oxidation sites excluding steroid dienone is 2. The summed E-state index contributed by atoms with van der Waals surface area (Å²) in [4.78, 5) is 0. The highest BCUT2D eigenvalue weighted by Crippen LogP contribution is 2.16. The predicted octanol–water partition coefficient (Wildman–Crippen LogP) is 2.73. The third-order valence-corrected chi connectivity index (χ3v) is 1.97. The molecule has 0 rings (SSSR count). The SMILES string of the molecule is CC/C=C(\C=C/C(C)(C)CNC)OC. The lowest BCUT2D eigenvalue weighted by Crippen LogP contribution is -2.24. The lowest BCUT2D eigenvalue weighted by molar-refractivity contribution is 0.304. The van der Waals surface area contributed by atoms with Crippen LogP contribution in [0.1, 0.15) is 27.2 Å². The van der Waals surface area contributed by atoms with Gasteiger partial charge in [0.1, 0.15) is 5.76 Å². The summed E-state index contributed by atoms with van der Waals surface area (Å²) in [5.74, 6) is 0.941. The minimum Gasteiger partial charge on any atom is -0.497 e. The summed E-state index contributed by atoms with van der Waals surface area (Å²) in [5, 5.41) is 3.17. The average Bonchev–Trinajstić information content (AvgIpc) is 2.12. The van der Waals surface area contributed by atoms with Gasteiger partial charge in [-0.3, -0.25) is 0 Å². The van der Waals surface area contributed by atoms with Crippen LogP contribution < -0.4 is 5.32 Å². The first-order chi connectivity index (χ1) is 6.55. The molecular weight excluding hydrogens is 174 g/mol. The molecule has 2 nitrogen and oxygen atoms in total. The maximum atomic E-state index is 5.22. The monoisotopic (exact) mass is 197 g/mol. The van der Waals surface area contributed by atoms with Crippen molar-refractivity contribution >= 4 is 0 Å². The summed E-state index contributed by atoms with van der Waals surface area (Å²) in [6.07, 6.45) is 7.29. The first-order valence-electron chi connectivity index (χ1n) is 5.13. The molecule has 14 heavy (non-hydrogen) atoms. The van der Waals surface area contributed by atoms with Crippen LogP contribution in [0.15, 0.2) is 24.0 Å². The largest absolute Gasteiger partial charge is 0.497 e. The minimum absolute atomic E-state index is 0.167. The minimum atomic E-state index is 0.167. The quantitative estimate of drug-likeness (QED) is 0.522. The van der Waals surface area contributed by atoms with Gasteiger partial charge in [-0.2, -0.15) is 0 Å². The van der Waals surface area contributed by atoms with Gasteiger partial charge in [-0.25, -0.2) is 0 Å². The lowest BCUT2D eigenvalue weighted by Gasteiger charge is -2.19. The zero-order valence-electron chi connectivity index (χ0n) is 10.1. The van der Waals surface area contributed by atoms with Crippen molar-refractivity contribution in [3.05, 3.63) is 24.0 Å². The van der Waals surface area contributed by atoms with Gasteiger partial charge in [0.2, 0.25) is 0 Å². The summed E-state index contributed by atoms with van der Waals surface area (Å²) in [7, 11) is 3.67. The Balaban J connectivity index is 4.32. The molecule has 0 amide bonds. The second kappa shape index (κ2) is 6.66. The van der Waals surface area contributed by atoms with E-state index < -0.39 is 0 Å². The van der Waals surface area contributed by atoms with Crippen LogP contribution in [0.2, 0.25) is 0 Å². The summed E-state index contributed by atoms with van der Waals surface area (Å²) in [6.45, 7) is 7.46. The molecule has 0 bridgehead atoms. The molecule has 0 atom stereocenters. The number of hydrogen-bond acceptors (Lipinski definition) is 2. The highest BCUT2D eigenvalue weighted by molar-refractivity contribution is 5.14. The summed E-state index contributed by atoms with van der Waals surface area (Å²) < 4.78 is 5.22. The molecule has 0 unspecified atom stereocenters. The molecule has 0 spiro atoms. The third kappa shape index (κ3) is 5.81. The fourth-order valence-corrected chi connectivity index (χ4v) is 1.24. The van der Waals surface area contributed by atoms with Crippen LogP contribution in [0.3, 0.4) is 0 Å². The molecule has 0 aliphatic carbocycles. The highest BCUT2D eigenvalue weighted by Gasteiger charge is 2.11. The summed E-state index contributed by atoms with van der Waals surface area (Å²) >= 11 is 0. The van der Waals surface area contributed by atoms with E-state index in [1.54, 1.807) is 7.11 Å². The Morgan fingerprint density at radius 1 is 1.43 bits per heavy atom. The van der Waals surface area contributed by atoms with Crippen LogP contribution in [0.25, 0.3) is 0 Å². The van der Waals surface area contributed by atoms with Gasteiger partial charge in [-0.1, -0.05) is 26.8 Å². The number of methoxy groups -OCH3 is 1. The van der Waals surface area contributed by atoms with Crippen LogP contribution in [-0.4, -0.2) is 20.7 Å². The number of ether oxygens (including phenoxy) is 1. The molecule has 0 saturated heterocycles. The van der Waals surface area contributed by atoms with E-state index in [4.69, 9.17) is 4.74 Å². The molecule has 0 heterocycles. The standard InChI is InChI=1S/C12H23NO/c1-6-7-11(14-5)8-9-12(2,3)10-13-4/h7-9,13H,6,10H2,1-5H3/b9-8-,11-7+. The van der Waals surface area contributed by atoms with E-state index in [0.29, 0.717) is 0 Å². The Bertz CT molecular complexity index is 204. The van der Waals surface area contributed by atoms with Crippen molar-refractivity contribution < 1.29 is 4.74 Å². The normalized spacial score (nSPS) is 13.6. The second-order valence-electron chi connectivity index (χ2n) is 4.07. The average molecular weight is 197 g/mol. The first kappa shape index (κ1) is 13.2. The highest BCUT2D eigenvalue weighted by atomic mass is 16.5. The van der Waals surface area contributed by atoms with Crippen molar-refractivity contribution in [1.29, 1.82) is 0 Å². The van der Waals surface area contributed by atoms with Gasteiger partial charge in [0.25, 0.3) is 0 Å². The van der Waals surface area contributed by atoms with Gasteiger partial charge in [0.15, 0.2) is 0 Å². The molecule has 0 aliphatic heterocycles. The fraction of sp³-hybridized carbons (Fsp3) is 0.667. The van der Waals surface area contributed by atoms with Gasteiger partial charge >= 0.3 is 0 Å². The zero-order valence-corrected chi connectivity index (χ0v) is 10.1. The van der Waals surface area contributed by atoms with E-state index in [9.17, 15) is 0 Å². The van der Waals surface area contributed by atoms with Gasteiger partial charge in [-0.15, -0.1) is 0 Å². The van der Waals surface area contributed by atoms with E-state index in [1.165, 1.54) is 0 Å². The molecule has 0 aromatic rings. The van der Waals surface area contributed by atoms with Crippen molar-refractivity contribution in [3.8, 4) is 0 Å². The van der Waals surface area contributed by atoms with Gasteiger partial charge in [0, 0.05) is 6.54 Å². The Morgan fingerprint density at radius 3 is 2.50 bits per heavy atom. The second-order valence-corrected chi connectivity index (χ2v) is 4.07. The van der Waals surface area contributed by atoms with Crippen LogP contribution in [0.4, 0.5) is 0 Å². The Hall–Kier alpha value is -0.760. The Morgan fingerprint density at radius 2 is 2.07 bits per heavy atom. The van der Waals surface area contributed by atoms with Crippen molar-refractivity contribution in [2.75, 3.05) is 20.7 Å². The van der Waals surface area contributed by atoms with Crippen molar-refractivity contribution in [3.63, 3.8) is 0 Å². The molecule has 0 aromatic carbocycles. The topological polar surface area (TPSA) is 21.3 Å². The smallest absolute Gasteiger partial charge is 0.114 e. The zero-order chi connectivity index (χ0) is 11.0. The van der Waals surface area contributed by atoms with E-state index in [-0.39, 0.29) is 5.41 Å². The Labute approximate surface area is 88.0 Å². The molecule has 0 aliphatic rings.